The van der Waals surface area contributed by atoms with E-state index in [1.165, 1.54) is 6.07 Å². The van der Waals surface area contributed by atoms with Crippen molar-refractivity contribution in [3.8, 4) is 0 Å². The molecule has 0 radical (unpaired) electrons. The summed E-state index contributed by atoms with van der Waals surface area (Å²) in [5.41, 5.74) is 0.897. The van der Waals surface area contributed by atoms with E-state index in [1.54, 1.807) is 12.1 Å². The molecule has 0 amide bonds. The summed E-state index contributed by atoms with van der Waals surface area (Å²) in [7, 11) is 0. The van der Waals surface area contributed by atoms with Crippen molar-refractivity contribution in [2.75, 3.05) is 18.4 Å². The summed E-state index contributed by atoms with van der Waals surface area (Å²) < 4.78 is 13.0. The Balaban J connectivity index is 2.07. The second-order valence-corrected chi connectivity index (χ2v) is 5.34. The van der Waals surface area contributed by atoms with Gasteiger partial charge in [-0.25, -0.2) is 4.39 Å². The molecule has 92 valence electrons. The molecule has 2 N–H and O–H groups in total. The molecular weight excluding hydrogens is 241 g/mol. The van der Waals surface area contributed by atoms with Gasteiger partial charge < -0.3 is 10.6 Å². The van der Waals surface area contributed by atoms with Crippen LogP contribution in [0.25, 0.3) is 0 Å². The van der Waals surface area contributed by atoms with Crippen molar-refractivity contribution < 1.29 is 4.39 Å². The van der Waals surface area contributed by atoms with Gasteiger partial charge in [0.1, 0.15) is 5.82 Å². The molecule has 0 atom stereocenters. The third-order valence-electron chi connectivity index (χ3n) is 2.58. The summed E-state index contributed by atoms with van der Waals surface area (Å²) in [6.45, 7) is 5.91. The van der Waals surface area contributed by atoms with Gasteiger partial charge >= 0.3 is 0 Å². The Morgan fingerprint density at radius 1 is 1.47 bits per heavy atom. The van der Waals surface area contributed by atoms with Gasteiger partial charge in [0.2, 0.25) is 0 Å². The average molecular weight is 256 g/mol. The van der Waals surface area contributed by atoms with Gasteiger partial charge in [-0.3, -0.25) is 4.99 Å². The maximum atomic E-state index is 13.0. The van der Waals surface area contributed by atoms with Crippen molar-refractivity contribution in [1.82, 2.24) is 5.32 Å². The molecule has 1 aromatic carbocycles. The number of benzene rings is 1. The Labute approximate surface area is 105 Å². The average Bonchev–Trinajstić information content (AvgIpc) is 2.27. The van der Waals surface area contributed by atoms with E-state index in [4.69, 9.17) is 11.6 Å². The van der Waals surface area contributed by atoms with Gasteiger partial charge in [0.25, 0.3) is 0 Å². The fraction of sp³-hybridized carbons (Fsp3) is 0.417. The lowest BCUT2D eigenvalue weighted by atomic mass is 9.93. The molecule has 0 aliphatic carbocycles. The Kier molecular flexibility index (Phi) is 3.24. The fourth-order valence-electron chi connectivity index (χ4n) is 1.52. The summed E-state index contributed by atoms with van der Waals surface area (Å²) in [4.78, 5) is 4.39. The number of guanidine groups is 1. The van der Waals surface area contributed by atoms with Crippen molar-refractivity contribution >= 4 is 23.2 Å². The summed E-state index contributed by atoms with van der Waals surface area (Å²) >= 11 is 5.70. The molecule has 1 aromatic rings. The molecule has 0 saturated carbocycles. The Morgan fingerprint density at radius 3 is 2.82 bits per heavy atom. The highest BCUT2D eigenvalue weighted by molar-refractivity contribution is 6.31. The van der Waals surface area contributed by atoms with Gasteiger partial charge in [-0.05, 0) is 18.2 Å². The lowest BCUT2D eigenvalue weighted by Gasteiger charge is -2.29. The molecule has 5 heteroatoms. The van der Waals surface area contributed by atoms with Crippen molar-refractivity contribution in [3.63, 3.8) is 0 Å². The van der Waals surface area contributed by atoms with E-state index in [2.05, 4.69) is 29.5 Å². The van der Waals surface area contributed by atoms with E-state index < -0.39 is 5.82 Å². The van der Waals surface area contributed by atoms with E-state index >= 15 is 0 Å². The van der Waals surface area contributed by atoms with E-state index in [9.17, 15) is 4.39 Å². The van der Waals surface area contributed by atoms with Crippen molar-refractivity contribution in [1.29, 1.82) is 0 Å². The quantitative estimate of drug-likeness (QED) is 0.810. The zero-order chi connectivity index (χ0) is 12.5. The first kappa shape index (κ1) is 12.2. The maximum Gasteiger partial charge on any atom is 0.195 e. The number of anilines is 1. The standard InChI is InChI=1S/C12H15ClFN3/c1-12(2)6-15-11(16-7-12)17-8-3-4-10(14)9(13)5-8/h3-5H,6-7H2,1-2H3,(H2,15,16,17). The monoisotopic (exact) mass is 255 g/mol. The number of nitrogens with zero attached hydrogens (tertiary/aromatic N) is 1. The van der Waals surface area contributed by atoms with E-state index in [-0.39, 0.29) is 10.4 Å². The summed E-state index contributed by atoms with van der Waals surface area (Å²) in [5, 5.41) is 6.37. The molecule has 1 heterocycles. The van der Waals surface area contributed by atoms with Crippen LogP contribution in [0.4, 0.5) is 10.1 Å². The summed E-state index contributed by atoms with van der Waals surface area (Å²) in [6, 6.07) is 4.50. The molecule has 17 heavy (non-hydrogen) atoms. The van der Waals surface area contributed by atoms with Crippen LogP contribution in [0.3, 0.4) is 0 Å². The van der Waals surface area contributed by atoms with Crippen LogP contribution in [0, 0.1) is 11.2 Å². The third-order valence-corrected chi connectivity index (χ3v) is 2.87. The predicted molar refractivity (Wildman–Crippen MR) is 69.1 cm³/mol. The van der Waals surface area contributed by atoms with Gasteiger partial charge in [0.15, 0.2) is 5.96 Å². The molecule has 0 unspecified atom stereocenters. The van der Waals surface area contributed by atoms with Gasteiger partial charge in [-0.2, -0.15) is 0 Å². The van der Waals surface area contributed by atoms with Crippen molar-refractivity contribution in [2.24, 2.45) is 10.4 Å². The van der Waals surface area contributed by atoms with Gasteiger partial charge in [0.05, 0.1) is 5.02 Å². The smallest absolute Gasteiger partial charge is 0.195 e. The number of halogens is 2. The highest BCUT2D eigenvalue weighted by atomic mass is 35.5. The van der Waals surface area contributed by atoms with Crippen LogP contribution in [-0.2, 0) is 0 Å². The van der Waals surface area contributed by atoms with E-state index in [0.29, 0.717) is 5.96 Å². The normalized spacial score (nSPS) is 18.2. The van der Waals surface area contributed by atoms with E-state index in [0.717, 1.165) is 18.8 Å². The van der Waals surface area contributed by atoms with Crippen LogP contribution in [0.5, 0.6) is 0 Å². The molecular formula is C12H15ClFN3. The van der Waals surface area contributed by atoms with Gasteiger partial charge in [-0.15, -0.1) is 0 Å². The third kappa shape index (κ3) is 3.09. The second kappa shape index (κ2) is 4.53. The molecule has 0 saturated heterocycles. The first-order valence-electron chi connectivity index (χ1n) is 5.47. The molecule has 0 aromatic heterocycles. The van der Waals surface area contributed by atoms with Crippen LogP contribution in [0.2, 0.25) is 5.02 Å². The first-order chi connectivity index (χ1) is 7.96. The lowest BCUT2D eigenvalue weighted by Crippen LogP contribution is -2.44. The molecule has 1 aliphatic heterocycles. The topological polar surface area (TPSA) is 36.4 Å². The lowest BCUT2D eigenvalue weighted by molar-refractivity contribution is 0.362. The number of hydrogen-bond acceptors (Lipinski definition) is 3. The number of nitrogens with one attached hydrogen (secondary N) is 2. The van der Waals surface area contributed by atoms with Crippen LogP contribution < -0.4 is 10.6 Å². The summed E-state index contributed by atoms with van der Waals surface area (Å²) in [5.74, 6) is 0.281. The zero-order valence-corrected chi connectivity index (χ0v) is 10.6. The van der Waals surface area contributed by atoms with Crippen LogP contribution in [-0.4, -0.2) is 19.0 Å². The van der Waals surface area contributed by atoms with Crippen molar-refractivity contribution in [3.05, 3.63) is 29.0 Å². The largest absolute Gasteiger partial charge is 0.356 e. The predicted octanol–water partition coefficient (Wildman–Crippen LogP) is 2.88. The Morgan fingerprint density at radius 2 is 2.24 bits per heavy atom. The number of aliphatic imine (C=N–C) groups is 1. The SMILES string of the molecule is CC1(C)CN=C(Nc2ccc(F)c(Cl)c2)NC1. The maximum absolute atomic E-state index is 13.0. The van der Waals surface area contributed by atoms with Crippen LogP contribution in [0.15, 0.2) is 23.2 Å². The molecule has 1 aliphatic rings. The number of rotatable bonds is 1. The highest BCUT2D eigenvalue weighted by Crippen LogP contribution is 2.20. The molecule has 0 bridgehead atoms. The van der Waals surface area contributed by atoms with Gasteiger partial charge in [0, 0.05) is 24.2 Å². The first-order valence-corrected chi connectivity index (χ1v) is 5.84. The van der Waals surface area contributed by atoms with E-state index in [1.807, 2.05) is 0 Å². The molecule has 2 rings (SSSR count). The van der Waals surface area contributed by atoms with Gasteiger partial charge in [-0.1, -0.05) is 25.4 Å². The summed E-state index contributed by atoms with van der Waals surface area (Å²) in [6.07, 6.45) is 0. The Bertz CT molecular complexity index is 457. The minimum absolute atomic E-state index is 0.103. The van der Waals surface area contributed by atoms with Crippen LogP contribution in [0.1, 0.15) is 13.8 Å². The zero-order valence-electron chi connectivity index (χ0n) is 9.85. The number of hydrogen-bond donors (Lipinski definition) is 2. The van der Waals surface area contributed by atoms with Crippen LogP contribution >= 0.6 is 11.6 Å². The minimum atomic E-state index is -0.420. The molecule has 3 nitrogen and oxygen atoms in total. The minimum Gasteiger partial charge on any atom is -0.356 e. The fourth-order valence-corrected chi connectivity index (χ4v) is 1.70. The highest BCUT2D eigenvalue weighted by Gasteiger charge is 2.22. The van der Waals surface area contributed by atoms with Crippen molar-refractivity contribution in [2.45, 2.75) is 13.8 Å². The Hall–Kier alpha value is -1.29. The molecule has 0 spiro atoms. The molecule has 0 fully saturated rings. The second-order valence-electron chi connectivity index (χ2n) is 4.94.